The number of carbonyl (C=O) groups excluding carboxylic acids is 2. The van der Waals surface area contributed by atoms with Crippen LogP contribution in [0.3, 0.4) is 0 Å². The Balaban J connectivity index is 1.38. The van der Waals surface area contributed by atoms with E-state index in [9.17, 15) is 18.2 Å². The van der Waals surface area contributed by atoms with E-state index in [0.717, 1.165) is 12.8 Å². The van der Waals surface area contributed by atoms with E-state index in [4.69, 9.17) is 9.47 Å². The number of anilines is 1. The van der Waals surface area contributed by atoms with Gasteiger partial charge in [-0.2, -0.15) is 0 Å². The number of amides is 2. The van der Waals surface area contributed by atoms with Crippen LogP contribution in [0.15, 0.2) is 42.5 Å². The van der Waals surface area contributed by atoms with Gasteiger partial charge in [-0.15, -0.1) is 0 Å². The number of hydrogen-bond donors (Lipinski definition) is 3. The van der Waals surface area contributed by atoms with Crippen LogP contribution in [0.25, 0.3) is 0 Å². The molecule has 0 radical (unpaired) electrons. The molecule has 3 fully saturated rings. The first-order chi connectivity index (χ1) is 20.8. The zero-order chi connectivity index (χ0) is 30.5. The summed E-state index contributed by atoms with van der Waals surface area (Å²) in [7, 11) is 1.77. The normalized spacial score (nSPS) is 28.1. The molecule has 0 spiro atoms. The Morgan fingerprint density at radius 3 is 2.63 bits per heavy atom. The van der Waals surface area contributed by atoms with Gasteiger partial charge in [-0.1, -0.05) is 18.2 Å². The van der Waals surface area contributed by atoms with E-state index in [-0.39, 0.29) is 18.1 Å². The topological polar surface area (TPSA) is 109 Å². The molecule has 2 aromatic carbocycles. The number of hydrogen-bond acceptors (Lipinski definition) is 6. The Morgan fingerprint density at radius 2 is 1.91 bits per heavy atom. The lowest BCUT2D eigenvalue weighted by Gasteiger charge is -2.42. The Hall–Kier alpha value is -2.93. The molecule has 2 bridgehead atoms. The highest BCUT2D eigenvalue weighted by atomic mass is 32.2. The number of ether oxygens (including phenoxy) is 2. The van der Waals surface area contributed by atoms with Crippen LogP contribution in [-0.2, 0) is 31.7 Å². The van der Waals surface area contributed by atoms with E-state index in [1.807, 2.05) is 4.31 Å². The molecule has 3 N–H and O–H groups in total. The van der Waals surface area contributed by atoms with Crippen molar-refractivity contribution in [1.82, 2.24) is 14.9 Å². The van der Waals surface area contributed by atoms with Crippen LogP contribution in [0.5, 0.6) is 0 Å². The van der Waals surface area contributed by atoms with Crippen molar-refractivity contribution < 1.29 is 32.1 Å². The van der Waals surface area contributed by atoms with Crippen LogP contribution in [0.2, 0.25) is 0 Å². The summed E-state index contributed by atoms with van der Waals surface area (Å²) in [6.45, 7) is 1.37. The molecule has 234 valence electrons. The Bertz CT molecular complexity index is 1310. The molecule has 1 aliphatic carbocycles. The van der Waals surface area contributed by atoms with Crippen molar-refractivity contribution in [2.75, 3.05) is 38.4 Å². The second-order valence-corrected chi connectivity index (χ2v) is 13.1. The fourth-order valence-electron chi connectivity index (χ4n) is 6.56. The maximum absolute atomic E-state index is 15.3. The van der Waals surface area contributed by atoms with Gasteiger partial charge < -0.3 is 25.4 Å². The number of piperazine rings is 1. The first-order valence-electron chi connectivity index (χ1n) is 14.9. The maximum atomic E-state index is 15.3. The first kappa shape index (κ1) is 31.5. The summed E-state index contributed by atoms with van der Waals surface area (Å²) in [6, 6.07) is 9.60. The second-order valence-electron chi connectivity index (χ2n) is 11.6. The highest BCUT2D eigenvalue weighted by Crippen LogP contribution is 2.43. The molecule has 5 rings (SSSR count). The molecule has 1 saturated carbocycles. The third-order valence-electron chi connectivity index (χ3n) is 9.01. The van der Waals surface area contributed by atoms with Gasteiger partial charge in [0, 0.05) is 55.2 Å². The third kappa shape index (κ3) is 7.42. The van der Waals surface area contributed by atoms with Crippen LogP contribution < -0.4 is 16.0 Å². The number of fused-ring (bicyclic) bond motifs is 2. The molecular formula is C31H40F2N4O5S. The van der Waals surface area contributed by atoms with Crippen molar-refractivity contribution in [3.8, 4) is 0 Å². The molecule has 2 saturated heterocycles. The summed E-state index contributed by atoms with van der Waals surface area (Å²) >= 11 is 0. The molecule has 2 heterocycles. The van der Waals surface area contributed by atoms with Gasteiger partial charge in [-0.3, -0.25) is 4.79 Å². The van der Waals surface area contributed by atoms with E-state index < -0.39 is 46.6 Å². The van der Waals surface area contributed by atoms with Crippen LogP contribution in [0.4, 0.5) is 19.3 Å². The average Bonchev–Trinajstić information content (AvgIpc) is 3.12. The lowest BCUT2D eigenvalue weighted by Crippen LogP contribution is -2.55. The Kier molecular flexibility index (Phi) is 10.4. The zero-order valence-electron chi connectivity index (χ0n) is 24.5. The second kappa shape index (κ2) is 14.2. The summed E-state index contributed by atoms with van der Waals surface area (Å²) in [5, 5.41) is 9.09. The molecular weight excluding hydrogens is 578 g/mol. The minimum absolute atomic E-state index is 0.0210. The van der Waals surface area contributed by atoms with Crippen molar-refractivity contribution in [2.45, 2.75) is 68.7 Å². The van der Waals surface area contributed by atoms with Crippen LogP contribution in [0, 0.1) is 17.6 Å². The van der Waals surface area contributed by atoms with Gasteiger partial charge in [-0.05, 0) is 74.3 Å². The molecule has 2 aromatic rings. The maximum Gasteiger partial charge on any atom is 0.407 e. The van der Waals surface area contributed by atoms with E-state index in [0.29, 0.717) is 67.4 Å². The summed E-state index contributed by atoms with van der Waals surface area (Å²) < 4.78 is 54.3. The minimum Gasteiger partial charge on any atom is -0.453 e. The van der Waals surface area contributed by atoms with Crippen LogP contribution in [0.1, 0.15) is 49.1 Å². The van der Waals surface area contributed by atoms with Crippen molar-refractivity contribution in [3.05, 3.63) is 65.2 Å². The number of methoxy groups -OCH3 is 2. The number of carbonyl (C=O) groups is 2. The van der Waals surface area contributed by atoms with Gasteiger partial charge in [-0.25, -0.2) is 22.1 Å². The molecule has 6 atom stereocenters. The first-order valence-corrected chi connectivity index (χ1v) is 16.1. The van der Waals surface area contributed by atoms with E-state index in [1.165, 1.54) is 31.4 Å². The molecule has 4 unspecified atom stereocenters. The molecule has 12 heteroatoms. The lowest BCUT2D eigenvalue weighted by molar-refractivity contribution is -0.119. The highest BCUT2D eigenvalue weighted by molar-refractivity contribution is 7.82. The average molecular weight is 619 g/mol. The largest absolute Gasteiger partial charge is 0.453 e. The molecule has 0 aromatic heterocycles. The van der Waals surface area contributed by atoms with Crippen molar-refractivity contribution in [3.63, 3.8) is 0 Å². The van der Waals surface area contributed by atoms with Crippen molar-refractivity contribution in [1.29, 1.82) is 0 Å². The van der Waals surface area contributed by atoms with Crippen LogP contribution >= 0.6 is 0 Å². The summed E-state index contributed by atoms with van der Waals surface area (Å²) in [5.41, 5.74) is 1.34. The Morgan fingerprint density at radius 1 is 1.14 bits per heavy atom. The van der Waals surface area contributed by atoms with Gasteiger partial charge in [0.25, 0.3) is 0 Å². The predicted octanol–water partition coefficient (Wildman–Crippen LogP) is 3.87. The monoisotopic (exact) mass is 618 g/mol. The molecule has 2 aliphatic heterocycles. The van der Waals surface area contributed by atoms with E-state index in [1.54, 1.807) is 25.3 Å². The number of rotatable bonds is 10. The van der Waals surface area contributed by atoms with E-state index in [2.05, 4.69) is 16.0 Å². The van der Waals surface area contributed by atoms with Crippen molar-refractivity contribution >= 4 is 28.7 Å². The van der Waals surface area contributed by atoms with Gasteiger partial charge in [0.1, 0.15) is 17.7 Å². The minimum atomic E-state index is -1.09. The fraction of sp³-hybridized carbons (Fsp3) is 0.548. The van der Waals surface area contributed by atoms with Crippen LogP contribution in [-0.4, -0.2) is 77.8 Å². The Labute approximate surface area is 253 Å². The fourth-order valence-corrected chi connectivity index (χ4v) is 8.07. The highest BCUT2D eigenvalue weighted by Gasteiger charge is 2.43. The summed E-state index contributed by atoms with van der Waals surface area (Å²) in [6.07, 6.45) is 3.32. The number of nitrogens with zero attached hydrogens (tertiary/aromatic N) is 1. The molecule has 9 nitrogen and oxygen atoms in total. The number of halogens is 2. The summed E-state index contributed by atoms with van der Waals surface area (Å²) in [4.78, 5) is 26.4. The zero-order valence-corrected chi connectivity index (χ0v) is 25.3. The van der Waals surface area contributed by atoms with Gasteiger partial charge in [0.05, 0.1) is 24.2 Å². The molecule has 3 aliphatic rings. The molecule has 2 amide bonds. The van der Waals surface area contributed by atoms with E-state index >= 15 is 4.39 Å². The quantitative estimate of drug-likeness (QED) is 0.373. The lowest BCUT2D eigenvalue weighted by atomic mass is 9.68. The smallest absolute Gasteiger partial charge is 0.407 e. The standard InChI is InChI=1S/C31H40F2N4O5S/c1-41-24-15-20(16-24)28(19-8-10-21(32)11-9-19)29(36-31(39)42-2)30(38)35-27-7-3-6-26(33)25(27)13-12-23-17-34-22-5-4-14-43(40)37(23)18-22/h3,6-11,20,22-24,28-29,34H,4-5,12-18H2,1-2H3,(H,35,38)(H,36,39)/t20?,22-,23?,24?,28?,29+,43?/m1/s1. The van der Waals surface area contributed by atoms with Gasteiger partial charge in [0.2, 0.25) is 5.91 Å². The third-order valence-corrected chi connectivity index (χ3v) is 10.6. The number of benzene rings is 2. The molecule has 43 heavy (non-hydrogen) atoms. The van der Waals surface area contributed by atoms with Crippen molar-refractivity contribution in [2.24, 2.45) is 5.92 Å². The predicted molar refractivity (Wildman–Crippen MR) is 160 cm³/mol. The van der Waals surface area contributed by atoms with Gasteiger partial charge in [0.15, 0.2) is 0 Å². The number of alkyl carbamates (subject to hydrolysis) is 1. The SMILES string of the molecule is COC(=O)N[C@H](C(=O)Nc1cccc(F)c1CCC1CN[C@@H]2CCCS(=O)N1C2)C(c1ccc(F)cc1)C1CC(OC)C1. The van der Waals surface area contributed by atoms with Gasteiger partial charge >= 0.3 is 6.09 Å². The number of nitrogens with one attached hydrogen (secondary N) is 3. The summed E-state index contributed by atoms with van der Waals surface area (Å²) in [5.74, 6) is -1.32.